The third kappa shape index (κ3) is 9.61. The first-order valence-electron chi connectivity index (χ1n) is 6.69. The van der Waals surface area contributed by atoms with E-state index in [4.69, 9.17) is 4.43 Å². The SMILES string of the molecule is CC(C)C(CCC[Si](C)(C)C)O[Si](C)(C)C. The fourth-order valence-corrected chi connectivity index (χ4v) is 4.38. The van der Waals surface area contributed by atoms with Gasteiger partial charge in [0.05, 0.1) is 0 Å². The first kappa shape index (κ1) is 16.4. The monoisotopic (exact) mass is 260 g/mol. The minimum absolute atomic E-state index is 0.489. The van der Waals surface area contributed by atoms with Gasteiger partial charge in [-0.05, 0) is 32.0 Å². The highest BCUT2D eigenvalue weighted by atomic mass is 28.4. The summed E-state index contributed by atoms with van der Waals surface area (Å²) >= 11 is 0. The van der Waals surface area contributed by atoms with Crippen molar-refractivity contribution in [2.24, 2.45) is 5.92 Å². The van der Waals surface area contributed by atoms with Crippen molar-refractivity contribution in [3.05, 3.63) is 0 Å². The Bertz CT molecular complexity index is 189. The van der Waals surface area contributed by atoms with Gasteiger partial charge in [-0.25, -0.2) is 0 Å². The molecule has 0 rings (SSSR count). The second-order valence-corrected chi connectivity index (χ2v) is 17.5. The van der Waals surface area contributed by atoms with Crippen molar-refractivity contribution in [1.29, 1.82) is 0 Å². The molecule has 3 heteroatoms. The van der Waals surface area contributed by atoms with Gasteiger partial charge in [0.15, 0.2) is 8.32 Å². The van der Waals surface area contributed by atoms with E-state index in [1.165, 1.54) is 18.9 Å². The Morgan fingerprint density at radius 3 is 1.75 bits per heavy atom. The first-order valence-corrected chi connectivity index (χ1v) is 13.8. The third-order valence-electron chi connectivity index (χ3n) is 2.66. The minimum atomic E-state index is -1.37. The fourth-order valence-electron chi connectivity index (χ4n) is 1.82. The molecule has 0 aliphatic rings. The molecule has 0 heterocycles. The van der Waals surface area contributed by atoms with Crippen LogP contribution in [0, 0.1) is 5.92 Å². The molecule has 16 heavy (non-hydrogen) atoms. The number of rotatable bonds is 7. The zero-order valence-corrected chi connectivity index (χ0v) is 14.7. The van der Waals surface area contributed by atoms with Crippen molar-refractivity contribution in [2.75, 3.05) is 0 Å². The Labute approximate surface area is 105 Å². The Morgan fingerprint density at radius 2 is 1.44 bits per heavy atom. The summed E-state index contributed by atoms with van der Waals surface area (Å²) in [6.45, 7) is 18.8. The Balaban J connectivity index is 4.06. The molecule has 0 bridgehead atoms. The van der Waals surface area contributed by atoms with Crippen molar-refractivity contribution >= 4 is 16.4 Å². The van der Waals surface area contributed by atoms with Crippen molar-refractivity contribution in [3.8, 4) is 0 Å². The van der Waals surface area contributed by atoms with Crippen molar-refractivity contribution < 1.29 is 4.43 Å². The molecule has 0 aliphatic carbocycles. The van der Waals surface area contributed by atoms with Gasteiger partial charge in [-0.15, -0.1) is 0 Å². The highest BCUT2D eigenvalue weighted by molar-refractivity contribution is 6.76. The predicted molar refractivity (Wildman–Crippen MR) is 80.4 cm³/mol. The van der Waals surface area contributed by atoms with Gasteiger partial charge in [0, 0.05) is 14.2 Å². The van der Waals surface area contributed by atoms with Gasteiger partial charge in [0.2, 0.25) is 0 Å². The summed E-state index contributed by atoms with van der Waals surface area (Å²) in [4.78, 5) is 0. The lowest BCUT2D eigenvalue weighted by atomic mass is 10.0. The van der Waals surface area contributed by atoms with Gasteiger partial charge in [-0.1, -0.05) is 46.0 Å². The fraction of sp³-hybridized carbons (Fsp3) is 1.00. The lowest BCUT2D eigenvalue weighted by Crippen LogP contribution is -2.35. The molecule has 0 saturated heterocycles. The molecular formula is C13H32OSi2. The van der Waals surface area contributed by atoms with E-state index in [0.717, 1.165) is 0 Å². The first-order chi connectivity index (χ1) is 7.01. The van der Waals surface area contributed by atoms with E-state index in [0.29, 0.717) is 12.0 Å². The van der Waals surface area contributed by atoms with Crippen molar-refractivity contribution in [2.45, 2.75) is 78.1 Å². The standard InChI is InChI=1S/C13H32OSi2/c1-12(2)13(14-16(6,7)8)10-9-11-15(3,4)5/h12-13H,9-11H2,1-8H3. The van der Waals surface area contributed by atoms with Crippen LogP contribution in [0.15, 0.2) is 0 Å². The molecule has 0 aromatic carbocycles. The van der Waals surface area contributed by atoms with Crippen molar-refractivity contribution in [1.82, 2.24) is 0 Å². The maximum absolute atomic E-state index is 6.27. The summed E-state index contributed by atoms with van der Waals surface area (Å²) in [6.07, 6.45) is 3.10. The molecule has 98 valence electrons. The van der Waals surface area contributed by atoms with Gasteiger partial charge >= 0.3 is 0 Å². The van der Waals surface area contributed by atoms with E-state index in [1.807, 2.05) is 0 Å². The van der Waals surface area contributed by atoms with Gasteiger partial charge < -0.3 is 4.43 Å². The molecular weight excluding hydrogens is 228 g/mol. The van der Waals surface area contributed by atoms with Gasteiger partial charge in [0.25, 0.3) is 0 Å². The van der Waals surface area contributed by atoms with E-state index in [-0.39, 0.29) is 0 Å². The summed E-state index contributed by atoms with van der Waals surface area (Å²) in [5, 5.41) is 0. The van der Waals surface area contributed by atoms with E-state index >= 15 is 0 Å². The summed E-state index contributed by atoms with van der Waals surface area (Å²) in [7, 11) is -2.23. The van der Waals surface area contributed by atoms with Crippen LogP contribution in [-0.4, -0.2) is 22.5 Å². The molecule has 0 fully saturated rings. The molecule has 1 atom stereocenters. The van der Waals surface area contributed by atoms with E-state index < -0.39 is 16.4 Å². The normalized spacial score (nSPS) is 15.6. The highest BCUT2D eigenvalue weighted by Gasteiger charge is 2.23. The van der Waals surface area contributed by atoms with Gasteiger partial charge in [0.1, 0.15) is 0 Å². The number of hydrogen-bond acceptors (Lipinski definition) is 1. The predicted octanol–water partition coefficient (Wildman–Crippen LogP) is 4.98. The second kappa shape index (κ2) is 6.36. The van der Waals surface area contributed by atoms with Crippen LogP contribution in [0.5, 0.6) is 0 Å². The third-order valence-corrected chi connectivity index (χ3v) is 5.53. The smallest absolute Gasteiger partial charge is 0.184 e. The molecule has 0 amide bonds. The Hall–Kier alpha value is 0.394. The maximum atomic E-state index is 6.27. The van der Waals surface area contributed by atoms with Crippen LogP contribution >= 0.6 is 0 Å². The Kier molecular flexibility index (Phi) is 6.52. The zero-order valence-electron chi connectivity index (χ0n) is 12.7. The molecule has 0 N–H and O–H groups in total. The van der Waals surface area contributed by atoms with Crippen LogP contribution in [0.2, 0.25) is 45.3 Å². The lowest BCUT2D eigenvalue weighted by Gasteiger charge is -2.30. The van der Waals surface area contributed by atoms with Crippen LogP contribution < -0.4 is 0 Å². The molecule has 0 aliphatic heterocycles. The summed E-state index contributed by atoms with van der Waals surface area (Å²) in [5.41, 5.74) is 0. The van der Waals surface area contributed by atoms with Crippen LogP contribution in [0.3, 0.4) is 0 Å². The molecule has 0 aromatic rings. The minimum Gasteiger partial charge on any atom is -0.414 e. The number of hydrogen-bond donors (Lipinski definition) is 0. The van der Waals surface area contributed by atoms with Crippen LogP contribution in [0.1, 0.15) is 26.7 Å². The van der Waals surface area contributed by atoms with Crippen molar-refractivity contribution in [3.63, 3.8) is 0 Å². The van der Waals surface area contributed by atoms with Crippen LogP contribution in [-0.2, 0) is 4.43 Å². The molecule has 0 radical (unpaired) electrons. The van der Waals surface area contributed by atoms with Gasteiger partial charge in [-0.2, -0.15) is 0 Å². The van der Waals surface area contributed by atoms with E-state index in [2.05, 4.69) is 53.1 Å². The average Bonchev–Trinajstić information content (AvgIpc) is 1.97. The topological polar surface area (TPSA) is 9.23 Å². The quantitative estimate of drug-likeness (QED) is 0.587. The zero-order chi connectivity index (χ0) is 13.0. The molecule has 0 aromatic heterocycles. The van der Waals surface area contributed by atoms with E-state index in [9.17, 15) is 0 Å². The average molecular weight is 261 g/mol. The highest BCUT2D eigenvalue weighted by Crippen LogP contribution is 2.22. The van der Waals surface area contributed by atoms with E-state index in [1.54, 1.807) is 0 Å². The van der Waals surface area contributed by atoms with Crippen LogP contribution in [0.25, 0.3) is 0 Å². The molecule has 1 unspecified atom stereocenters. The second-order valence-electron chi connectivity index (χ2n) is 7.47. The van der Waals surface area contributed by atoms with Crippen LogP contribution in [0.4, 0.5) is 0 Å². The summed E-state index contributed by atoms with van der Waals surface area (Å²) < 4.78 is 6.27. The lowest BCUT2D eigenvalue weighted by molar-refractivity contribution is 0.133. The molecule has 0 saturated carbocycles. The molecule has 0 spiro atoms. The largest absolute Gasteiger partial charge is 0.414 e. The molecule has 1 nitrogen and oxygen atoms in total. The Morgan fingerprint density at radius 1 is 0.938 bits per heavy atom. The summed E-state index contributed by atoms with van der Waals surface area (Å²) in [6, 6.07) is 1.44. The van der Waals surface area contributed by atoms with Gasteiger partial charge in [-0.3, -0.25) is 0 Å². The maximum Gasteiger partial charge on any atom is 0.184 e. The summed E-state index contributed by atoms with van der Waals surface area (Å²) in [5.74, 6) is 0.661.